The molecule has 4 N–H and O–H groups in total. The zero-order chi connectivity index (χ0) is 13.1. The van der Waals surface area contributed by atoms with Gasteiger partial charge in [0, 0.05) is 12.6 Å². The summed E-state index contributed by atoms with van der Waals surface area (Å²) < 4.78 is 26.6. The Labute approximate surface area is 107 Å². The van der Waals surface area contributed by atoms with E-state index < -0.39 is 11.6 Å². The summed E-state index contributed by atoms with van der Waals surface area (Å²) in [4.78, 5) is 3.73. The number of nitrogens with one attached hydrogen (secondary N) is 2. The Morgan fingerprint density at radius 3 is 2.61 bits per heavy atom. The predicted molar refractivity (Wildman–Crippen MR) is 68.3 cm³/mol. The van der Waals surface area contributed by atoms with E-state index in [2.05, 4.69) is 15.7 Å². The highest BCUT2D eigenvalue weighted by atomic mass is 32.1. The third kappa shape index (κ3) is 2.57. The van der Waals surface area contributed by atoms with Crippen molar-refractivity contribution in [2.75, 3.05) is 10.7 Å². The van der Waals surface area contributed by atoms with Crippen molar-refractivity contribution in [3.63, 3.8) is 0 Å². The minimum atomic E-state index is -0.827. The van der Waals surface area contributed by atoms with Crippen molar-refractivity contribution in [3.8, 4) is 0 Å². The molecule has 0 fully saturated rings. The molecular formula is C11H12F2N4S. The summed E-state index contributed by atoms with van der Waals surface area (Å²) in [5.74, 6) is 3.28. The lowest BCUT2D eigenvalue weighted by Gasteiger charge is -2.09. The van der Waals surface area contributed by atoms with Gasteiger partial charge in [0.1, 0.15) is 0 Å². The van der Waals surface area contributed by atoms with Crippen LogP contribution in [0.15, 0.2) is 16.8 Å². The van der Waals surface area contributed by atoms with Gasteiger partial charge in [-0.2, -0.15) is 11.3 Å². The van der Waals surface area contributed by atoms with Crippen LogP contribution >= 0.6 is 11.3 Å². The van der Waals surface area contributed by atoms with Crippen molar-refractivity contribution in [2.24, 2.45) is 5.84 Å². The fourth-order valence-corrected chi connectivity index (χ4v) is 2.30. The van der Waals surface area contributed by atoms with Crippen LogP contribution < -0.4 is 16.6 Å². The molecule has 0 saturated heterocycles. The number of hydrogen-bond donors (Lipinski definition) is 3. The van der Waals surface area contributed by atoms with Crippen molar-refractivity contribution >= 4 is 23.0 Å². The Morgan fingerprint density at radius 2 is 2.00 bits per heavy atom. The van der Waals surface area contributed by atoms with Gasteiger partial charge in [-0.1, -0.05) is 0 Å². The van der Waals surface area contributed by atoms with Crippen LogP contribution in [0.25, 0.3) is 0 Å². The second-order valence-corrected chi connectivity index (χ2v) is 4.47. The molecule has 0 unspecified atom stereocenters. The molecule has 4 nitrogen and oxygen atoms in total. The van der Waals surface area contributed by atoms with Gasteiger partial charge in [-0.25, -0.2) is 19.6 Å². The van der Waals surface area contributed by atoms with Crippen molar-refractivity contribution in [2.45, 2.75) is 13.5 Å². The first kappa shape index (κ1) is 12.7. The number of thiophene rings is 1. The van der Waals surface area contributed by atoms with E-state index in [-0.39, 0.29) is 11.6 Å². The van der Waals surface area contributed by atoms with Gasteiger partial charge < -0.3 is 10.7 Å². The largest absolute Gasteiger partial charge is 0.363 e. The van der Waals surface area contributed by atoms with Crippen LogP contribution in [0.1, 0.15) is 11.1 Å². The molecule has 0 atom stereocenters. The molecule has 7 heteroatoms. The van der Waals surface area contributed by atoms with E-state index in [0.29, 0.717) is 6.54 Å². The van der Waals surface area contributed by atoms with Crippen LogP contribution in [-0.4, -0.2) is 4.98 Å². The van der Waals surface area contributed by atoms with Gasteiger partial charge in [-0.3, -0.25) is 0 Å². The van der Waals surface area contributed by atoms with E-state index in [4.69, 9.17) is 5.84 Å². The highest BCUT2D eigenvalue weighted by Crippen LogP contribution is 2.20. The molecule has 96 valence electrons. The number of halogens is 2. The number of anilines is 2. The topological polar surface area (TPSA) is 63.0 Å². The number of nitrogens with two attached hydrogens (primary N) is 1. The zero-order valence-electron chi connectivity index (χ0n) is 9.63. The number of aryl methyl sites for hydroxylation is 1. The molecule has 0 aliphatic heterocycles. The highest BCUT2D eigenvalue weighted by molar-refractivity contribution is 7.08. The number of hydrazine groups is 1. The summed E-state index contributed by atoms with van der Waals surface area (Å²) in [6.07, 6.45) is 0. The fraction of sp³-hybridized carbons (Fsp3) is 0.182. The van der Waals surface area contributed by atoms with Gasteiger partial charge in [0.15, 0.2) is 23.3 Å². The van der Waals surface area contributed by atoms with E-state index >= 15 is 0 Å². The Hall–Kier alpha value is -1.73. The first-order valence-corrected chi connectivity index (χ1v) is 6.14. The molecule has 18 heavy (non-hydrogen) atoms. The van der Waals surface area contributed by atoms with Gasteiger partial charge in [0.25, 0.3) is 0 Å². The summed E-state index contributed by atoms with van der Waals surface area (Å²) in [7, 11) is 0. The number of hydrogen-bond acceptors (Lipinski definition) is 5. The first-order valence-electron chi connectivity index (χ1n) is 5.20. The van der Waals surface area contributed by atoms with E-state index in [1.54, 1.807) is 11.3 Å². The van der Waals surface area contributed by atoms with Gasteiger partial charge >= 0.3 is 0 Å². The van der Waals surface area contributed by atoms with Crippen molar-refractivity contribution in [1.29, 1.82) is 0 Å². The van der Waals surface area contributed by atoms with Gasteiger partial charge in [-0.15, -0.1) is 0 Å². The summed E-state index contributed by atoms with van der Waals surface area (Å²) >= 11 is 1.57. The third-order valence-electron chi connectivity index (χ3n) is 2.47. The summed E-state index contributed by atoms with van der Waals surface area (Å²) in [5, 5.41) is 6.78. The maximum atomic E-state index is 13.5. The van der Waals surface area contributed by atoms with Crippen molar-refractivity contribution in [1.82, 2.24) is 4.98 Å². The molecule has 0 aromatic carbocycles. The van der Waals surface area contributed by atoms with Crippen LogP contribution in [0.4, 0.5) is 20.4 Å². The molecule has 0 radical (unpaired) electrons. The van der Waals surface area contributed by atoms with Crippen LogP contribution in [0.5, 0.6) is 0 Å². The summed E-state index contributed by atoms with van der Waals surface area (Å²) in [6.45, 7) is 2.39. The average Bonchev–Trinajstić information content (AvgIpc) is 2.74. The molecule has 0 amide bonds. The maximum Gasteiger partial charge on any atom is 0.178 e. The van der Waals surface area contributed by atoms with E-state index in [1.165, 1.54) is 0 Å². The number of aromatic nitrogens is 1. The van der Waals surface area contributed by atoms with Crippen molar-refractivity contribution < 1.29 is 8.78 Å². The number of rotatable bonds is 4. The highest BCUT2D eigenvalue weighted by Gasteiger charge is 2.11. The number of nitrogen functional groups attached to an aromatic ring is 1. The number of nitrogens with zero attached hydrogens (tertiary/aromatic N) is 1. The first-order chi connectivity index (χ1) is 8.61. The van der Waals surface area contributed by atoms with E-state index in [0.717, 1.165) is 17.2 Å². The molecule has 0 aliphatic carbocycles. The fourth-order valence-electron chi connectivity index (χ4n) is 1.44. The minimum Gasteiger partial charge on any atom is -0.363 e. The molecule has 0 spiro atoms. The third-order valence-corrected chi connectivity index (χ3v) is 3.38. The van der Waals surface area contributed by atoms with E-state index in [1.807, 2.05) is 17.7 Å². The molecule has 0 bridgehead atoms. The zero-order valence-corrected chi connectivity index (χ0v) is 10.4. The smallest absolute Gasteiger partial charge is 0.178 e. The van der Waals surface area contributed by atoms with Crippen LogP contribution in [0, 0.1) is 18.6 Å². The Morgan fingerprint density at radius 1 is 1.28 bits per heavy atom. The lowest BCUT2D eigenvalue weighted by atomic mass is 10.2. The minimum absolute atomic E-state index is 0.0325. The van der Waals surface area contributed by atoms with Crippen LogP contribution in [0.3, 0.4) is 0 Å². The summed E-state index contributed by atoms with van der Waals surface area (Å²) in [6, 6.07) is 0.741. The monoisotopic (exact) mass is 270 g/mol. The predicted octanol–water partition coefficient (Wildman–Crippen LogP) is 2.63. The Kier molecular flexibility index (Phi) is 3.73. The summed E-state index contributed by atoms with van der Waals surface area (Å²) in [5.41, 5.74) is 4.24. The SMILES string of the molecule is Cc1cscc1CNc1nc(NN)c(F)cc1F. The molecule has 2 aromatic rings. The molecule has 2 aromatic heterocycles. The normalized spacial score (nSPS) is 10.4. The second kappa shape index (κ2) is 5.28. The van der Waals surface area contributed by atoms with Crippen LogP contribution in [0.2, 0.25) is 0 Å². The molecule has 0 saturated carbocycles. The quantitative estimate of drug-likeness (QED) is 0.590. The van der Waals surface area contributed by atoms with Crippen molar-refractivity contribution in [3.05, 3.63) is 39.6 Å². The Balaban J connectivity index is 2.16. The Bertz CT molecular complexity index is 556. The lowest BCUT2D eigenvalue weighted by Crippen LogP contribution is -2.13. The van der Waals surface area contributed by atoms with Gasteiger partial charge in [0.05, 0.1) is 0 Å². The van der Waals surface area contributed by atoms with Gasteiger partial charge in [-0.05, 0) is 28.8 Å². The number of pyridine rings is 1. The average molecular weight is 270 g/mol. The van der Waals surface area contributed by atoms with E-state index in [9.17, 15) is 8.78 Å². The van der Waals surface area contributed by atoms with Crippen LogP contribution in [-0.2, 0) is 6.54 Å². The molecule has 0 aliphatic rings. The lowest BCUT2D eigenvalue weighted by molar-refractivity contribution is 0.578. The molecule has 2 heterocycles. The molecule has 2 rings (SSSR count). The van der Waals surface area contributed by atoms with Gasteiger partial charge in [0.2, 0.25) is 0 Å². The second-order valence-electron chi connectivity index (χ2n) is 3.73. The maximum absolute atomic E-state index is 13.5. The standard InChI is InChI=1S/C11H12F2N4S/c1-6-4-18-5-7(6)3-15-10-8(12)2-9(13)11(16-10)17-14/h2,4-5H,3,14H2,1H3,(H2,15,16,17). The molecular weight excluding hydrogens is 258 g/mol.